The van der Waals surface area contributed by atoms with Crippen molar-refractivity contribution in [1.29, 1.82) is 0 Å². The highest BCUT2D eigenvalue weighted by molar-refractivity contribution is 5.88. The first-order valence-corrected chi connectivity index (χ1v) is 7.31. The highest BCUT2D eigenvalue weighted by atomic mass is 16.5. The van der Waals surface area contributed by atoms with E-state index in [0.29, 0.717) is 5.88 Å². The largest absolute Gasteiger partial charge is 0.495 e. The van der Waals surface area contributed by atoms with Crippen LogP contribution >= 0.6 is 0 Å². The van der Waals surface area contributed by atoms with Crippen LogP contribution in [0.25, 0.3) is 10.9 Å². The molecule has 0 bridgehead atoms. The molecule has 1 heterocycles. The number of methoxy groups -OCH3 is 2. The fourth-order valence-corrected chi connectivity index (χ4v) is 2.24. The SMILES string of the molecule is CCCCCC#Cc1c(OC)nc2ccccc2c1OC. The third-order valence-corrected chi connectivity index (χ3v) is 3.33. The fourth-order valence-electron chi connectivity index (χ4n) is 2.24. The quantitative estimate of drug-likeness (QED) is 0.609. The first-order chi connectivity index (χ1) is 10.3. The van der Waals surface area contributed by atoms with E-state index in [1.54, 1.807) is 14.2 Å². The predicted molar refractivity (Wildman–Crippen MR) is 85.9 cm³/mol. The minimum Gasteiger partial charge on any atom is -0.495 e. The van der Waals surface area contributed by atoms with Crippen molar-refractivity contribution in [2.24, 2.45) is 0 Å². The first kappa shape index (κ1) is 15.2. The standard InChI is InChI=1S/C18H21NO2/c1-4-5-6-7-8-12-15-17(20-2)14-11-9-10-13-16(14)19-18(15)21-3/h9-11,13H,4-7H2,1-3H3. The van der Waals surface area contributed by atoms with Gasteiger partial charge in [0.25, 0.3) is 0 Å². The summed E-state index contributed by atoms with van der Waals surface area (Å²) in [5.74, 6) is 7.63. The van der Waals surface area contributed by atoms with Gasteiger partial charge in [0, 0.05) is 11.8 Å². The summed E-state index contributed by atoms with van der Waals surface area (Å²) in [4.78, 5) is 4.51. The number of hydrogen-bond acceptors (Lipinski definition) is 3. The summed E-state index contributed by atoms with van der Waals surface area (Å²) in [5, 5.41) is 0.957. The lowest BCUT2D eigenvalue weighted by molar-refractivity contribution is 0.384. The molecule has 0 fully saturated rings. The molecular weight excluding hydrogens is 262 g/mol. The second-order valence-corrected chi connectivity index (χ2v) is 4.81. The van der Waals surface area contributed by atoms with Crippen LogP contribution in [0.2, 0.25) is 0 Å². The van der Waals surface area contributed by atoms with Crippen LogP contribution in [0.5, 0.6) is 11.6 Å². The summed E-state index contributed by atoms with van der Waals surface area (Å²) in [7, 11) is 3.27. The molecule has 21 heavy (non-hydrogen) atoms. The zero-order chi connectivity index (χ0) is 15.1. The van der Waals surface area contributed by atoms with Gasteiger partial charge in [0.1, 0.15) is 11.3 Å². The van der Waals surface area contributed by atoms with Gasteiger partial charge in [-0.1, -0.05) is 43.7 Å². The van der Waals surface area contributed by atoms with Crippen LogP contribution < -0.4 is 9.47 Å². The predicted octanol–water partition coefficient (Wildman–Crippen LogP) is 4.18. The normalized spacial score (nSPS) is 10.0. The Morgan fingerprint density at radius 2 is 1.90 bits per heavy atom. The number of benzene rings is 1. The molecule has 0 N–H and O–H groups in total. The average molecular weight is 283 g/mol. The van der Waals surface area contributed by atoms with Gasteiger partial charge in [0.2, 0.25) is 5.88 Å². The molecule has 2 aromatic rings. The van der Waals surface area contributed by atoms with Gasteiger partial charge < -0.3 is 9.47 Å². The van der Waals surface area contributed by atoms with Crippen molar-refractivity contribution in [3.63, 3.8) is 0 Å². The Balaban J connectivity index is 2.44. The Hall–Kier alpha value is -2.21. The van der Waals surface area contributed by atoms with Gasteiger partial charge in [0.05, 0.1) is 19.7 Å². The van der Waals surface area contributed by atoms with E-state index in [9.17, 15) is 0 Å². The van der Waals surface area contributed by atoms with Crippen molar-refractivity contribution >= 4 is 10.9 Å². The van der Waals surface area contributed by atoms with Gasteiger partial charge >= 0.3 is 0 Å². The molecule has 2 rings (SSSR count). The molecule has 0 saturated heterocycles. The van der Waals surface area contributed by atoms with Crippen molar-refractivity contribution in [1.82, 2.24) is 4.98 Å². The molecule has 110 valence electrons. The van der Waals surface area contributed by atoms with E-state index in [0.717, 1.165) is 35.1 Å². The van der Waals surface area contributed by atoms with Gasteiger partial charge in [-0.2, -0.15) is 0 Å². The molecule has 0 spiro atoms. The molecule has 0 aliphatic rings. The lowest BCUT2D eigenvalue weighted by Crippen LogP contribution is -1.98. The number of unbranched alkanes of at least 4 members (excludes halogenated alkanes) is 3. The molecule has 3 nitrogen and oxygen atoms in total. The number of fused-ring (bicyclic) bond motifs is 1. The van der Waals surface area contributed by atoms with Crippen LogP contribution in [0.3, 0.4) is 0 Å². The monoisotopic (exact) mass is 283 g/mol. The molecule has 0 aliphatic carbocycles. The lowest BCUT2D eigenvalue weighted by Gasteiger charge is -2.11. The third kappa shape index (κ3) is 3.46. The van der Waals surface area contributed by atoms with Gasteiger partial charge in [-0.15, -0.1) is 0 Å². The Labute approximate surface area is 126 Å². The third-order valence-electron chi connectivity index (χ3n) is 3.33. The van der Waals surface area contributed by atoms with E-state index < -0.39 is 0 Å². The van der Waals surface area contributed by atoms with E-state index in [2.05, 4.69) is 23.7 Å². The molecule has 1 aromatic carbocycles. The summed E-state index contributed by atoms with van der Waals surface area (Å²) >= 11 is 0. The van der Waals surface area contributed by atoms with E-state index >= 15 is 0 Å². The topological polar surface area (TPSA) is 31.4 Å². The lowest BCUT2D eigenvalue weighted by atomic mass is 10.1. The van der Waals surface area contributed by atoms with Crippen LogP contribution in [-0.2, 0) is 0 Å². The molecule has 0 saturated carbocycles. The first-order valence-electron chi connectivity index (χ1n) is 7.31. The molecule has 0 unspecified atom stereocenters. The van der Waals surface area contributed by atoms with Crippen LogP contribution in [0.4, 0.5) is 0 Å². The average Bonchev–Trinajstić information content (AvgIpc) is 2.53. The summed E-state index contributed by atoms with van der Waals surface area (Å²) in [6.45, 7) is 2.19. The smallest absolute Gasteiger partial charge is 0.233 e. The Morgan fingerprint density at radius 1 is 1.10 bits per heavy atom. The number of para-hydroxylation sites is 1. The Bertz CT molecular complexity index is 668. The Morgan fingerprint density at radius 3 is 2.62 bits per heavy atom. The second-order valence-electron chi connectivity index (χ2n) is 4.81. The minimum absolute atomic E-state index is 0.522. The number of hydrogen-bond donors (Lipinski definition) is 0. The van der Waals surface area contributed by atoms with Crippen molar-refractivity contribution in [3.8, 4) is 23.5 Å². The second kappa shape index (κ2) is 7.54. The summed E-state index contributed by atoms with van der Waals surface area (Å²) in [6, 6.07) is 7.85. The van der Waals surface area contributed by atoms with Crippen LogP contribution in [0.15, 0.2) is 24.3 Å². The van der Waals surface area contributed by atoms with Crippen LogP contribution in [0.1, 0.15) is 38.2 Å². The summed E-state index contributed by atoms with van der Waals surface area (Å²) in [6.07, 6.45) is 4.41. The van der Waals surface area contributed by atoms with Gasteiger partial charge in [0.15, 0.2) is 0 Å². The van der Waals surface area contributed by atoms with Crippen LogP contribution in [-0.4, -0.2) is 19.2 Å². The van der Waals surface area contributed by atoms with Crippen molar-refractivity contribution in [2.75, 3.05) is 14.2 Å². The number of aromatic nitrogens is 1. The van der Waals surface area contributed by atoms with Crippen molar-refractivity contribution in [2.45, 2.75) is 32.6 Å². The molecule has 1 aromatic heterocycles. The number of rotatable bonds is 5. The van der Waals surface area contributed by atoms with Gasteiger partial charge in [-0.05, 0) is 18.6 Å². The Kier molecular flexibility index (Phi) is 5.45. The van der Waals surface area contributed by atoms with Crippen molar-refractivity contribution < 1.29 is 9.47 Å². The number of nitrogens with zero attached hydrogens (tertiary/aromatic N) is 1. The summed E-state index contributed by atoms with van der Waals surface area (Å²) < 4.78 is 10.9. The maximum atomic E-state index is 5.56. The highest BCUT2D eigenvalue weighted by Gasteiger charge is 2.14. The molecule has 0 atom stereocenters. The summed E-state index contributed by atoms with van der Waals surface area (Å²) in [5.41, 5.74) is 1.58. The molecule has 0 amide bonds. The van der Waals surface area contributed by atoms with Gasteiger partial charge in [-0.3, -0.25) is 0 Å². The maximum absolute atomic E-state index is 5.56. The molecule has 3 heteroatoms. The highest BCUT2D eigenvalue weighted by Crippen LogP contribution is 2.33. The minimum atomic E-state index is 0.522. The maximum Gasteiger partial charge on any atom is 0.233 e. The van der Waals surface area contributed by atoms with Gasteiger partial charge in [-0.25, -0.2) is 4.98 Å². The van der Waals surface area contributed by atoms with E-state index in [-0.39, 0.29) is 0 Å². The molecule has 0 radical (unpaired) electrons. The van der Waals surface area contributed by atoms with Crippen LogP contribution in [0, 0.1) is 11.8 Å². The molecular formula is C18H21NO2. The fraction of sp³-hybridized carbons (Fsp3) is 0.389. The van der Waals surface area contributed by atoms with E-state index in [4.69, 9.17) is 9.47 Å². The zero-order valence-corrected chi connectivity index (χ0v) is 12.9. The molecule has 0 aliphatic heterocycles. The zero-order valence-electron chi connectivity index (χ0n) is 12.9. The number of ether oxygens (including phenoxy) is 2. The van der Waals surface area contributed by atoms with E-state index in [1.165, 1.54) is 12.8 Å². The van der Waals surface area contributed by atoms with E-state index in [1.807, 2.05) is 24.3 Å². The number of pyridine rings is 1. The van der Waals surface area contributed by atoms with Crippen molar-refractivity contribution in [3.05, 3.63) is 29.8 Å².